The van der Waals surface area contributed by atoms with E-state index in [2.05, 4.69) is 21.3 Å². The van der Waals surface area contributed by atoms with Gasteiger partial charge in [0.15, 0.2) is 0 Å². The van der Waals surface area contributed by atoms with Crippen LogP contribution in [0.15, 0.2) is 54.7 Å². The van der Waals surface area contributed by atoms with Gasteiger partial charge < -0.3 is 5.11 Å². The summed E-state index contributed by atoms with van der Waals surface area (Å²) in [6.07, 6.45) is 4.23. The fourth-order valence-corrected chi connectivity index (χ4v) is 3.61. The molecule has 1 aliphatic heterocycles. The number of nitrogens with zero attached hydrogens (tertiary/aromatic N) is 4. The fourth-order valence-electron chi connectivity index (χ4n) is 3.61. The van der Waals surface area contributed by atoms with Crippen molar-refractivity contribution >= 4 is 0 Å². The first-order valence-corrected chi connectivity index (χ1v) is 9.17. The van der Waals surface area contributed by atoms with Crippen LogP contribution in [0.2, 0.25) is 0 Å². The van der Waals surface area contributed by atoms with Gasteiger partial charge in [0.2, 0.25) is 0 Å². The molecule has 0 atom stereocenters. The zero-order valence-corrected chi connectivity index (χ0v) is 15.0. The van der Waals surface area contributed by atoms with Gasteiger partial charge in [-0.05, 0) is 68.1 Å². The molecule has 1 aliphatic rings. The van der Waals surface area contributed by atoms with E-state index in [9.17, 15) is 5.11 Å². The second-order valence-corrected chi connectivity index (χ2v) is 7.09. The van der Waals surface area contributed by atoms with E-state index in [0.29, 0.717) is 11.7 Å². The molecule has 1 aromatic heterocycles. The quantitative estimate of drug-likeness (QED) is 0.782. The van der Waals surface area contributed by atoms with Crippen LogP contribution in [0.25, 0.3) is 5.69 Å². The second kappa shape index (κ2) is 7.30. The van der Waals surface area contributed by atoms with Gasteiger partial charge in [0, 0.05) is 6.54 Å². The van der Waals surface area contributed by atoms with Gasteiger partial charge in [0.05, 0.1) is 17.6 Å². The Morgan fingerprint density at radius 1 is 1.08 bits per heavy atom. The summed E-state index contributed by atoms with van der Waals surface area (Å²) in [4.78, 5) is 2.43. The van der Waals surface area contributed by atoms with Gasteiger partial charge in [-0.15, -0.1) is 5.10 Å². The van der Waals surface area contributed by atoms with Crippen molar-refractivity contribution in [1.29, 1.82) is 0 Å². The van der Waals surface area contributed by atoms with Gasteiger partial charge in [0.1, 0.15) is 5.75 Å². The zero-order valence-electron chi connectivity index (χ0n) is 15.0. The highest BCUT2D eigenvalue weighted by Crippen LogP contribution is 2.31. The van der Waals surface area contributed by atoms with E-state index in [0.717, 1.165) is 49.4 Å². The van der Waals surface area contributed by atoms with Crippen molar-refractivity contribution in [2.75, 3.05) is 13.1 Å². The Kier molecular flexibility index (Phi) is 4.71. The summed E-state index contributed by atoms with van der Waals surface area (Å²) in [5, 5.41) is 18.5. The minimum atomic E-state index is 0.405. The number of benzene rings is 2. The first-order chi connectivity index (χ1) is 12.7. The number of phenolic OH excluding ortho intramolecular Hbond substituents is 1. The lowest BCUT2D eigenvalue weighted by Gasteiger charge is -2.31. The molecule has 4 rings (SSSR count). The van der Waals surface area contributed by atoms with E-state index in [1.807, 2.05) is 60.3 Å². The first-order valence-electron chi connectivity index (χ1n) is 9.17. The van der Waals surface area contributed by atoms with Crippen LogP contribution < -0.4 is 0 Å². The van der Waals surface area contributed by atoms with Gasteiger partial charge in [-0.25, -0.2) is 4.68 Å². The number of aromatic hydroxyl groups is 1. The van der Waals surface area contributed by atoms with E-state index in [-0.39, 0.29) is 0 Å². The largest absolute Gasteiger partial charge is 0.508 e. The Morgan fingerprint density at radius 3 is 2.58 bits per heavy atom. The average Bonchev–Trinajstić information content (AvgIpc) is 3.14. The second-order valence-electron chi connectivity index (χ2n) is 7.09. The molecule has 1 N–H and O–H groups in total. The highest BCUT2D eigenvalue weighted by Gasteiger charge is 2.22. The van der Waals surface area contributed by atoms with Crippen molar-refractivity contribution in [1.82, 2.24) is 19.9 Å². The molecule has 0 bridgehead atoms. The third-order valence-corrected chi connectivity index (χ3v) is 5.24. The highest BCUT2D eigenvalue weighted by molar-refractivity contribution is 5.37. The number of rotatable bonds is 4. The predicted molar refractivity (Wildman–Crippen MR) is 101 cm³/mol. The maximum absolute atomic E-state index is 9.95. The standard InChI is InChI=1S/C21H24N4O/c1-16-7-8-18(13-21(16)26)17-9-11-24(12-10-17)14-19-15-25(23-22-19)20-5-3-2-4-6-20/h2-8,13,15,17,26H,9-12,14H2,1H3. The van der Waals surface area contributed by atoms with Crippen molar-refractivity contribution in [3.8, 4) is 11.4 Å². The Bertz CT molecular complexity index is 867. The average molecular weight is 348 g/mol. The number of likely N-dealkylation sites (tertiary alicyclic amines) is 1. The van der Waals surface area contributed by atoms with Crippen LogP contribution in [0.4, 0.5) is 0 Å². The van der Waals surface area contributed by atoms with Crippen LogP contribution in [0.1, 0.15) is 35.6 Å². The van der Waals surface area contributed by atoms with E-state index in [1.54, 1.807) is 0 Å². The molecule has 5 nitrogen and oxygen atoms in total. The Balaban J connectivity index is 1.35. The molecule has 0 aliphatic carbocycles. The molecule has 5 heteroatoms. The van der Waals surface area contributed by atoms with Crippen molar-refractivity contribution in [2.24, 2.45) is 0 Å². The topological polar surface area (TPSA) is 54.2 Å². The van der Waals surface area contributed by atoms with Crippen LogP contribution in [-0.2, 0) is 6.54 Å². The molecule has 3 aromatic rings. The molecule has 0 radical (unpaired) electrons. The summed E-state index contributed by atoms with van der Waals surface area (Å²) < 4.78 is 1.83. The van der Waals surface area contributed by atoms with Gasteiger partial charge in [-0.1, -0.05) is 35.5 Å². The van der Waals surface area contributed by atoms with Crippen LogP contribution >= 0.6 is 0 Å². The van der Waals surface area contributed by atoms with Crippen molar-refractivity contribution in [3.63, 3.8) is 0 Å². The number of hydrogen-bond acceptors (Lipinski definition) is 4. The smallest absolute Gasteiger partial charge is 0.118 e. The summed E-state index contributed by atoms with van der Waals surface area (Å²) >= 11 is 0. The molecule has 2 heterocycles. The molecule has 0 unspecified atom stereocenters. The third kappa shape index (κ3) is 3.63. The van der Waals surface area contributed by atoms with E-state index < -0.39 is 0 Å². The number of phenols is 1. The fraction of sp³-hybridized carbons (Fsp3) is 0.333. The molecule has 0 saturated carbocycles. The Morgan fingerprint density at radius 2 is 1.85 bits per heavy atom. The maximum Gasteiger partial charge on any atom is 0.118 e. The molecule has 1 fully saturated rings. The van der Waals surface area contributed by atoms with Crippen LogP contribution in [0.5, 0.6) is 5.75 Å². The van der Waals surface area contributed by atoms with Crippen molar-refractivity contribution in [2.45, 2.75) is 32.2 Å². The van der Waals surface area contributed by atoms with Crippen molar-refractivity contribution in [3.05, 3.63) is 71.5 Å². The lowest BCUT2D eigenvalue weighted by molar-refractivity contribution is 0.202. The molecule has 0 amide bonds. The predicted octanol–water partition coefficient (Wildman–Crippen LogP) is 3.66. The monoisotopic (exact) mass is 348 g/mol. The number of hydrogen-bond donors (Lipinski definition) is 1. The molecule has 134 valence electrons. The van der Waals surface area contributed by atoms with Crippen LogP contribution in [0, 0.1) is 6.92 Å². The summed E-state index contributed by atoms with van der Waals surface area (Å²) in [7, 11) is 0. The zero-order chi connectivity index (χ0) is 17.9. The highest BCUT2D eigenvalue weighted by atomic mass is 16.3. The number of aryl methyl sites for hydroxylation is 1. The molecule has 2 aromatic carbocycles. The first kappa shape index (κ1) is 16.8. The normalized spacial score (nSPS) is 16.0. The molecular formula is C21H24N4O. The molecule has 26 heavy (non-hydrogen) atoms. The molecule has 1 saturated heterocycles. The van der Waals surface area contributed by atoms with E-state index >= 15 is 0 Å². The van der Waals surface area contributed by atoms with Gasteiger partial charge in [-0.3, -0.25) is 4.90 Å². The number of para-hydroxylation sites is 1. The summed E-state index contributed by atoms with van der Waals surface area (Å²) in [5.41, 5.74) is 4.22. The lowest BCUT2D eigenvalue weighted by atomic mass is 9.89. The van der Waals surface area contributed by atoms with Gasteiger partial charge >= 0.3 is 0 Å². The van der Waals surface area contributed by atoms with Crippen LogP contribution in [-0.4, -0.2) is 38.1 Å². The minimum Gasteiger partial charge on any atom is -0.508 e. The van der Waals surface area contributed by atoms with Crippen LogP contribution in [0.3, 0.4) is 0 Å². The van der Waals surface area contributed by atoms with Gasteiger partial charge in [-0.2, -0.15) is 0 Å². The number of piperidine rings is 1. The summed E-state index contributed by atoms with van der Waals surface area (Å²) in [6, 6.07) is 16.2. The Hall–Kier alpha value is -2.66. The molecular weight excluding hydrogens is 324 g/mol. The Labute approximate surface area is 153 Å². The van der Waals surface area contributed by atoms with E-state index in [4.69, 9.17) is 0 Å². The number of aromatic nitrogens is 3. The summed E-state index contributed by atoms with van der Waals surface area (Å²) in [5.74, 6) is 0.931. The SMILES string of the molecule is Cc1ccc(C2CCN(Cc3cn(-c4ccccc4)nn3)CC2)cc1O. The van der Waals surface area contributed by atoms with Crippen molar-refractivity contribution < 1.29 is 5.11 Å². The lowest BCUT2D eigenvalue weighted by Crippen LogP contribution is -2.32. The van der Waals surface area contributed by atoms with Gasteiger partial charge in [0.25, 0.3) is 0 Å². The third-order valence-electron chi connectivity index (χ3n) is 5.24. The maximum atomic E-state index is 9.95. The summed E-state index contributed by atoms with van der Waals surface area (Å²) in [6.45, 7) is 4.85. The van der Waals surface area contributed by atoms with E-state index in [1.165, 1.54) is 5.56 Å². The minimum absolute atomic E-state index is 0.405. The molecule has 0 spiro atoms.